The molecular formula is C21H25N5O3S. The van der Waals surface area contributed by atoms with Crippen LogP contribution in [0.5, 0.6) is 0 Å². The van der Waals surface area contributed by atoms with Crippen molar-refractivity contribution in [3.05, 3.63) is 48.2 Å². The number of pyridine rings is 1. The summed E-state index contributed by atoms with van der Waals surface area (Å²) in [5.74, 6) is 0.393. The summed E-state index contributed by atoms with van der Waals surface area (Å²) in [5, 5.41) is 7.60. The van der Waals surface area contributed by atoms with Gasteiger partial charge in [0.05, 0.1) is 27.8 Å². The molecule has 9 heteroatoms. The van der Waals surface area contributed by atoms with E-state index < -0.39 is 9.84 Å². The Labute approximate surface area is 175 Å². The number of nitrogens with zero attached hydrogens (tertiary/aromatic N) is 3. The summed E-state index contributed by atoms with van der Waals surface area (Å²) in [7, 11) is -3.38. The summed E-state index contributed by atoms with van der Waals surface area (Å²) in [6.45, 7) is 0.650. The predicted octanol–water partition coefficient (Wildman–Crippen LogP) is 2.85. The molecule has 8 nitrogen and oxygen atoms in total. The fraction of sp³-hybridized carbons (Fsp3) is 0.381. The van der Waals surface area contributed by atoms with Crippen molar-refractivity contribution in [2.24, 2.45) is 0 Å². The summed E-state index contributed by atoms with van der Waals surface area (Å²) in [5.41, 5.74) is 7.17. The van der Waals surface area contributed by atoms with Crippen LogP contribution < -0.4 is 5.73 Å². The lowest BCUT2D eigenvalue weighted by Gasteiger charge is -2.35. The molecule has 4 rings (SSSR count). The minimum Gasteiger partial charge on any atom is -0.384 e. The molecule has 30 heavy (non-hydrogen) atoms. The average Bonchev–Trinajstić information content (AvgIpc) is 3.14. The first-order chi connectivity index (χ1) is 14.5. The van der Waals surface area contributed by atoms with Gasteiger partial charge in [-0.2, -0.15) is 5.10 Å². The predicted molar refractivity (Wildman–Crippen MR) is 114 cm³/mol. The number of sulfone groups is 1. The highest BCUT2D eigenvalue weighted by molar-refractivity contribution is 7.91. The molecule has 3 heterocycles. The third kappa shape index (κ3) is 4.16. The Morgan fingerprint density at radius 2 is 1.97 bits per heavy atom. The third-order valence-corrected chi connectivity index (χ3v) is 7.36. The van der Waals surface area contributed by atoms with Crippen LogP contribution in [0.3, 0.4) is 0 Å². The summed E-state index contributed by atoms with van der Waals surface area (Å²) < 4.78 is 24.9. The number of benzene rings is 1. The van der Waals surface area contributed by atoms with Crippen LogP contribution in [0.1, 0.15) is 43.8 Å². The molecule has 1 atom stereocenters. The highest BCUT2D eigenvalue weighted by Crippen LogP contribution is 2.32. The number of carbonyl (C=O) groups is 1. The summed E-state index contributed by atoms with van der Waals surface area (Å²) in [4.78, 5) is 19.7. The van der Waals surface area contributed by atoms with Crippen LogP contribution in [-0.2, 0) is 14.6 Å². The lowest BCUT2D eigenvalue weighted by Crippen LogP contribution is -2.39. The number of H-pyrrole nitrogens is 1. The van der Waals surface area contributed by atoms with E-state index in [-0.39, 0.29) is 24.1 Å². The number of likely N-dealkylation sites (tertiary alicyclic amines) is 1. The quantitative estimate of drug-likeness (QED) is 0.624. The van der Waals surface area contributed by atoms with Crippen LogP contribution >= 0.6 is 0 Å². The number of carbonyl (C=O) groups excluding carboxylic acids is 1. The van der Waals surface area contributed by atoms with Gasteiger partial charge in [-0.05, 0) is 49.9 Å². The number of rotatable bonds is 6. The maximum atomic E-state index is 12.9. The van der Waals surface area contributed by atoms with Crippen molar-refractivity contribution in [1.29, 1.82) is 0 Å². The SMILES string of the molecule is Nc1[nH]nc2nc([C@@H]3CCCCN3C(=O)CCCS(=O)(=O)c3ccccc3)ccc12. The number of nitrogen functional groups attached to an aromatic ring is 1. The number of piperidine rings is 1. The second-order valence-corrected chi connectivity index (χ2v) is 9.69. The van der Waals surface area contributed by atoms with E-state index in [1.54, 1.807) is 30.3 Å². The smallest absolute Gasteiger partial charge is 0.223 e. The zero-order chi connectivity index (χ0) is 21.1. The van der Waals surface area contributed by atoms with Gasteiger partial charge in [-0.1, -0.05) is 18.2 Å². The number of anilines is 1. The second kappa shape index (κ2) is 8.43. The Balaban J connectivity index is 1.43. The largest absolute Gasteiger partial charge is 0.384 e. The topological polar surface area (TPSA) is 122 Å². The molecule has 0 bridgehead atoms. The van der Waals surface area contributed by atoms with Crippen molar-refractivity contribution < 1.29 is 13.2 Å². The van der Waals surface area contributed by atoms with E-state index in [4.69, 9.17) is 5.73 Å². The standard InChI is InChI=1S/C21H25N5O3S/c22-20-16-11-12-17(23-21(16)25-24-20)18-9-4-5-13-26(18)19(27)10-6-14-30(28,29)15-7-2-1-3-8-15/h1-3,7-8,11-12,18H,4-6,9-10,13-14H2,(H3,22,23,24,25)/t18-/m0/s1. The summed E-state index contributed by atoms with van der Waals surface area (Å²) in [6.07, 6.45) is 3.26. The number of hydrogen-bond donors (Lipinski definition) is 2. The zero-order valence-corrected chi connectivity index (χ0v) is 17.4. The number of amides is 1. The Morgan fingerprint density at radius 1 is 1.17 bits per heavy atom. The lowest BCUT2D eigenvalue weighted by molar-refractivity contribution is -0.135. The molecule has 0 spiro atoms. The summed E-state index contributed by atoms with van der Waals surface area (Å²) in [6, 6.07) is 12.0. The number of aromatic amines is 1. The first-order valence-corrected chi connectivity index (χ1v) is 11.8. The maximum Gasteiger partial charge on any atom is 0.223 e. The highest BCUT2D eigenvalue weighted by atomic mass is 32.2. The fourth-order valence-electron chi connectivity index (χ4n) is 3.96. The van der Waals surface area contributed by atoms with Gasteiger partial charge in [-0.15, -0.1) is 0 Å². The van der Waals surface area contributed by atoms with Gasteiger partial charge in [-0.25, -0.2) is 13.4 Å². The highest BCUT2D eigenvalue weighted by Gasteiger charge is 2.29. The van der Waals surface area contributed by atoms with Gasteiger partial charge in [0, 0.05) is 13.0 Å². The first kappa shape index (κ1) is 20.3. The molecule has 0 saturated carbocycles. The molecular weight excluding hydrogens is 402 g/mol. The van der Waals surface area contributed by atoms with Gasteiger partial charge in [0.1, 0.15) is 5.82 Å². The molecule has 0 radical (unpaired) electrons. The average molecular weight is 428 g/mol. The molecule has 1 aromatic carbocycles. The van der Waals surface area contributed by atoms with E-state index in [1.165, 1.54) is 0 Å². The van der Waals surface area contributed by atoms with Crippen molar-refractivity contribution in [2.75, 3.05) is 18.0 Å². The number of aromatic nitrogens is 3. The van der Waals surface area contributed by atoms with E-state index >= 15 is 0 Å². The van der Waals surface area contributed by atoms with Crippen LogP contribution in [0.4, 0.5) is 5.82 Å². The Hall–Kier alpha value is -2.94. The van der Waals surface area contributed by atoms with Crippen LogP contribution in [-0.4, -0.2) is 46.7 Å². The van der Waals surface area contributed by atoms with Gasteiger partial charge in [0.2, 0.25) is 5.91 Å². The number of nitrogens with two attached hydrogens (primary N) is 1. The van der Waals surface area contributed by atoms with Crippen molar-refractivity contribution in [1.82, 2.24) is 20.1 Å². The molecule has 1 fully saturated rings. The molecule has 1 aliphatic rings. The number of fused-ring (bicyclic) bond motifs is 1. The van der Waals surface area contributed by atoms with E-state index in [9.17, 15) is 13.2 Å². The number of hydrogen-bond acceptors (Lipinski definition) is 6. The van der Waals surface area contributed by atoms with E-state index in [0.717, 1.165) is 30.3 Å². The molecule has 158 valence electrons. The van der Waals surface area contributed by atoms with Crippen LogP contribution in [0, 0.1) is 0 Å². The van der Waals surface area contributed by atoms with Gasteiger partial charge >= 0.3 is 0 Å². The molecule has 3 N–H and O–H groups in total. The van der Waals surface area contributed by atoms with Gasteiger partial charge in [-0.3, -0.25) is 9.89 Å². The molecule has 2 aromatic heterocycles. The zero-order valence-electron chi connectivity index (χ0n) is 16.6. The third-order valence-electron chi connectivity index (χ3n) is 5.54. The minimum atomic E-state index is -3.38. The lowest BCUT2D eigenvalue weighted by atomic mass is 9.98. The Morgan fingerprint density at radius 3 is 2.77 bits per heavy atom. The van der Waals surface area contributed by atoms with E-state index in [1.807, 2.05) is 17.0 Å². The first-order valence-electron chi connectivity index (χ1n) is 10.1. The van der Waals surface area contributed by atoms with Crippen LogP contribution in [0.2, 0.25) is 0 Å². The van der Waals surface area contributed by atoms with Crippen molar-refractivity contribution in [2.45, 2.75) is 43.0 Å². The van der Waals surface area contributed by atoms with Gasteiger partial charge in [0.25, 0.3) is 0 Å². The van der Waals surface area contributed by atoms with Crippen molar-refractivity contribution in [3.8, 4) is 0 Å². The minimum absolute atomic E-state index is 0.0357. The van der Waals surface area contributed by atoms with E-state index in [2.05, 4.69) is 15.2 Å². The fourth-order valence-corrected chi connectivity index (χ4v) is 5.29. The van der Waals surface area contributed by atoms with Crippen molar-refractivity contribution >= 4 is 32.6 Å². The molecule has 1 amide bonds. The Kier molecular flexibility index (Phi) is 5.72. The molecule has 1 aliphatic heterocycles. The van der Waals surface area contributed by atoms with Crippen LogP contribution in [0.25, 0.3) is 11.0 Å². The monoisotopic (exact) mass is 427 g/mol. The van der Waals surface area contributed by atoms with Crippen LogP contribution in [0.15, 0.2) is 47.4 Å². The normalized spacial score (nSPS) is 17.3. The molecule has 1 saturated heterocycles. The molecule has 0 unspecified atom stereocenters. The Bertz CT molecular complexity index is 1140. The summed E-state index contributed by atoms with van der Waals surface area (Å²) >= 11 is 0. The molecule has 0 aliphatic carbocycles. The second-order valence-electron chi connectivity index (χ2n) is 7.58. The number of nitrogens with one attached hydrogen (secondary N) is 1. The molecule has 3 aromatic rings. The van der Waals surface area contributed by atoms with Gasteiger partial charge in [0.15, 0.2) is 15.5 Å². The van der Waals surface area contributed by atoms with Gasteiger partial charge < -0.3 is 10.6 Å². The van der Waals surface area contributed by atoms with Crippen molar-refractivity contribution in [3.63, 3.8) is 0 Å². The van der Waals surface area contributed by atoms with E-state index in [0.29, 0.717) is 29.3 Å². The maximum absolute atomic E-state index is 12.9.